The Hall–Kier alpha value is -1.20. The molecule has 0 radical (unpaired) electrons. The van der Waals surface area contributed by atoms with Crippen molar-refractivity contribution in [2.45, 2.75) is 38.9 Å². The Labute approximate surface area is 112 Å². The minimum Gasteiger partial charge on any atom is -0.398 e. The predicted octanol–water partition coefficient (Wildman–Crippen LogP) is 3.77. The fourth-order valence-electron chi connectivity index (χ4n) is 1.74. The molecule has 0 amide bonds. The molecule has 19 heavy (non-hydrogen) atoms. The number of rotatable bonds is 2. The van der Waals surface area contributed by atoms with Crippen LogP contribution in [0.25, 0.3) is 6.08 Å². The Morgan fingerprint density at radius 2 is 1.53 bits per heavy atom. The molecule has 0 saturated carbocycles. The van der Waals surface area contributed by atoms with E-state index in [0.717, 1.165) is 0 Å². The second kappa shape index (κ2) is 4.73. The van der Waals surface area contributed by atoms with E-state index in [1.807, 2.05) is 27.7 Å². The van der Waals surface area contributed by atoms with E-state index in [4.69, 9.17) is 9.31 Å². The minimum absolute atomic E-state index is 0.354. The highest BCUT2D eigenvalue weighted by Crippen LogP contribution is 2.39. The van der Waals surface area contributed by atoms with E-state index in [2.05, 4.69) is 0 Å². The van der Waals surface area contributed by atoms with Crippen LogP contribution in [0.2, 0.25) is 0 Å². The summed E-state index contributed by atoms with van der Waals surface area (Å²) in [7, 11) is -1.02. The smallest absolute Gasteiger partial charge is 0.398 e. The van der Waals surface area contributed by atoms with Crippen LogP contribution in [-0.2, 0) is 9.31 Å². The third kappa shape index (κ3) is 2.87. The molecular weight excluding hydrogens is 249 g/mol. The molecule has 5 heteroatoms. The van der Waals surface area contributed by atoms with Crippen LogP contribution in [-0.4, -0.2) is 18.3 Å². The Balaban J connectivity index is 2.17. The molecule has 0 aliphatic carbocycles. The van der Waals surface area contributed by atoms with Crippen LogP contribution >= 0.6 is 0 Å². The molecule has 0 spiro atoms. The van der Waals surface area contributed by atoms with Gasteiger partial charge in [0.25, 0.3) is 0 Å². The lowest BCUT2D eigenvalue weighted by Gasteiger charge is -2.32. The van der Waals surface area contributed by atoms with Crippen LogP contribution < -0.4 is 0 Å². The van der Waals surface area contributed by atoms with Gasteiger partial charge in [0.05, 0.1) is 11.2 Å². The summed E-state index contributed by atoms with van der Waals surface area (Å²) in [6.07, 6.45) is 1.29. The van der Waals surface area contributed by atoms with Crippen molar-refractivity contribution in [1.82, 2.24) is 0 Å². The zero-order valence-electron chi connectivity index (χ0n) is 11.5. The molecule has 1 fully saturated rings. The third-order valence-corrected chi connectivity index (χ3v) is 3.65. The van der Waals surface area contributed by atoms with Gasteiger partial charge in [0.15, 0.2) is 0 Å². The molecule has 0 bridgehead atoms. The fourth-order valence-corrected chi connectivity index (χ4v) is 1.74. The maximum atomic E-state index is 14.1. The first-order valence-corrected chi connectivity index (χ1v) is 6.20. The second-order valence-corrected chi connectivity index (χ2v) is 5.67. The molecule has 1 aromatic rings. The summed E-state index contributed by atoms with van der Waals surface area (Å²) in [5, 5.41) is 0. The molecule has 1 aliphatic heterocycles. The minimum atomic E-state index is -1.02. The third-order valence-electron chi connectivity index (χ3n) is 3.65. The highest BCUT2D eigenvalue weighted by atomic mass is 19.1. The number of halogens is 2. The molecule has 1 aliphatic rings. The van der Waals surface area contributed by atoms with E-state index in [-0.39, 0.29) is 5.82 Å². The van der Waals surface area contributed by atoms with Gasteiger partial charge in [-0.15, -0.1) is 0 Å². The number of benzene rings is 1. The van der Waals surface area contributed by atoms with Crippen molar-refractivity contribution >= 4 is 13.2 Å². The molecule has 0 unspecified atom stereocenters. The normalized spacial score (nSPS) is 21.8. The Morgan fingerprint density at radius 3 is 2.00 bits per heavy atom. The SMILES string of the molecule is CC1(C)OB(C(F)=Cc2ccc(F)cc2)OC1(C)C. The van der Waals surface area contributed by atoms with E-state index in [1.165, 1.54) is 30.3 Å². The van der Waals surface area contributed by atoms with Crippen molar-refractivity contribution in [1.29, 1.82) is 0 Å². The molecule has 0 N–H and O–H groups in total. The maximum absolute atomic E-state index is 14.1. The van der Waals surface area contributed by atoms with Gasteiger partial charge in [-0.25, -0.2) is 8.78 Å². The lowest BCUT2D eigenvalue weighted by atomic mass is 9.87. The van der Waals surface area contributed by atoms with Gasteiger partial charge < -0.3 is 9.31 Å². The number of hydrogen-bond acceptors (Lipinski definition) is 2. The van der Waals surface area contributed by atoms with Gasteiger partial charge in [-0.05, 0) is 51.5 Å². The number of hydrogen-bond donors (Lipinski definition) is 0. The molecular formula is C14H17BF2O2. The maximum Gasteiger partial charge on any atom is 0.525 e. The molecule has 0 aromatic heterocycles. The Bertz CT molecular complexity index is 479. The van der Waals surface area contributed by atoms with Crippen molar-refractivity contribution in [3.8, 4) is 0 Å². The summed E-state index contributed by atoms with van der Waals surface area (Å²) in [4.78, 5) is 0. The molecule has 1 saturated heterocycles. The summed E-state index contributed by atoms with van der Waals surface area (Å²) in [5.41, 5.74) is -1.11. The average molecular weight is 266 g/mol. The molecule has 102 valence electrons. The average Bonchev–Trinajstić information content (AvgIpc) is 2.51. The van der Waals surface area contributed by atoms with Gasteiger partial charge in [-0.1, -0.05) is 12.1 Å². The van der Waals surface area contributed by atoms with Crippen molar-refractivity contribution in [2.75, 3.05) is 0 Å². The van der Waals surface area contributed by atoms with E-state index in [9.17, 15) is 8.78 Å². The zero-order chi connectivity index (χ0) is 14.3. The largest absolute Gasteiger partial charge is 0.525 e. The van der Waals surface area contributed by atoms with Gasteiger partial charge in [0, 0.05) is 0 Å². The first-order valence-electron chi connectivity index (χ1n) is 6.20. The van der Waals surface area contributed by atoms with E-state index in [1.54, 1.807) is 0 Å². The molecule has 2 nitrogen and oxygen atoms in total. The molecule has 1 aromatic carbocycles. The Kier molecular flexibility index (Phi) is 3.54. The highest BCUT2D eigenvalue weighted by molar-refractivity contribution is 6.54. The summed E-state index contributed by atoms with van der Waals surface area (Å²) < 4.78 is 38.0. The van der Waals surface area contributed by atoms with Crippen LogP contribution in [0.1, 0.15) is 33.3 Å². The quantitative estimate of drug-likeness (QED) is 0.758. The predicted molar refractivity (Wildman–Crippen MR) is 71.6 cm³/mol. The van der Waals surface area contributed by atoms with Gasteiger partial charge >= 0.3 is 7.12 Å². The summed E-state index contributed by atoms with van der Waals surface area (Å²) in [5.74, 6) is -0.354. The van der Waals surface area contributed by atoms with Crippen LogP contribution in [0.4, 0.5) is 8.78 Å². The van der Waals surface area contributed by atoms with E-state index in [0.29, 0.717) is 5.56 Å². The highest BCUT2D eigenvalue weighted by Gasteiger charge is 2.52. The van der Waals surface area contributed by atoms with Crippen molar-refractivity contribution in [2.24, 2.45) is 0 Å². The monoisotopic (exact) mass is 266 g/mol. The van der Waals surface area contributed by atoms with Gasteiger partial charge in [-0.3, -0.25) is 0 Å². The summed E-state index contributed by atoms with van der Waals surface area (Å²) in [6, 6.07) is 5.56. The molecule has 0 atom stereocenters. The van der Waals surface area contributed by atoms with Gasteiger partial charge in [0.1, 0.15) is 11.5 Å². The lowest BCUT2D eigenvalue weighted by molar-refractivity contribution is 0.00578. The standard InChI is InChI=1S/C14H17BF2O2/c1-13(2)14(3,4)19-15(18-13)12(17)9-10-5-7-11(16)8-6-10/h5-9H,1-4H3. The molecule has 2 rings (SSSR count). The lowest BCUT2D eigenvalue weighted by Crippen LogP contribution is -2.41. The zero-order valence-corrected chi connectivity index (χ0v) is 11.5. The van der Waals surface area contributed by atoms with Crippen LogP contribution in [0, 0.1) is 5.82 Å². The van der Waals surface area contributed by atoms with Crippen molar-refractivity contribution in [3.05, 3.63) is 41.4 Å². The van der Waals surface area contributed by atoms with Crippen LogP contribution in [0.3, 0.4) is 0 Å². The van der Waals surface area contributed by atoms with Gasteiger partial charge in [-0.2, -0.15) is 0 Å². The summed E-state index contributed by atoms with van der Waals surface area (Å²) >= 11 is 0. The van der Waals surface area contributed by atoms with Crippen LogP contribution in [0.15, 0.2) is 30.0 Å². The van der Waals surface area contributed by atoms with E-state index >= 15 is 0 Å². The molecule has 1 heterocycles. The second-order valence-electron chi connectivity index (χ2n) is 5.67. The van der Waals surface area contributed by atoms with Crippen LogP contribution in [0.5, 0.6) is 0 Å². The van der Waals surface area contributed by atoms with E-state index < -0.39 is 24.0 Å². The topological polar surface area (TPSA) is 18.5 Å². The first kappa shape index (κ1) is 14.2. The Morgan fingerprint density at radius 1 is 1.05 bits per heavy atom. The summed E-state index contributed by atoms with van der Waals surface area (Å²) in [6.45, 7) is 7.44. The van der Waals surface area contributed by atoms with Crippen molar-refractivity contribution in [3.63, 3.8) is 0 Å². The first-order chi connectivity index (χ1) is 8.71. The fraction of sp³-hybridized carbons (Fsp3) is 0.429. The van der Waals surface area contributed by atoms with Crippen molar-refractivity contribution < 1.29 is 18.1 Å². The van der Waals surface area contributed by atoms with Gasteiger partial charge in [0.2, 0.25) is 0 Å².